The van der Waals surface area contributed by atoms with E-state index in [0.29, 0.717) is 43.9 Å². The van der Waals surface area contributed by atoms with Crippen molar-refractivity contribution in [2.24, 2.45) is 0 Å². The Labute approximate surface area is 185 Å². The van der Waals surface area contributed by atoms with Gasteiger partial charge in [0.1, 0.15) is 0 Å². The fourth-order valence-corrected chi connectivity index (χ4v) is 4.46. The highest BCUT2D eigenvalue weighted by atomic mass is 16.2. The number of pyridine rings is 1. The number of anilines is 1. The molecule has 32 heavy (non-hydrogen) atoms. The van der Waals surface area contributed by atoms with Gasteiger partial charge in [-0.2, -0.15) is 15.3 Å². The van der Waals surface area contributed by atoms with Crippen LogP contribution >= 0.6 is 0 Å². The summed E-state index contributed by atoms with van der Waals surface area (Å²) in [5.74, 6) is 0.459. The molecule has 1 saturated carbocycles. The zero-order valence-electron chi connectivity index (χ0n) is 17.9. The highest BCUT2D eigenvalue weighted by Crippen LogP contribution is 2.35. The van der Waals surface area contributed by atoms with Crippen LogP contribution in [0.25, 0.3) is 16.9 Å². The molecule has 1 saturated heterocycles. The molecule has 10 heteroatoms. The maximum Gasteiger partial charge on any atom is 0.252 e. The highest BCUT2D eigenvalue weighted by molar-refractivity contribution is 5.74. The number of hydrogen-bond acceptors (Lipinski definition) is 6. The molecule has 0 radical (unpaired) electrons. The van der Waals surface area contributed by atoms with Gasteiger partial charge in [-0.1, -0.05) is 6.07 Å². The lowest BCUT2D eigenvalue weighted by Gasteiger charge is -2.40. The number of nitriles is 1. The minimum atomic E-state index is -0.444. The van der Waals surface area contributed by atoms with E-state index in [1.807, 2.05) is 34.0 Å². The van der Waals surface area contributed by atoms with E-state index in [-0.39, 0.29) is 11.9 Å². The number of likely N-dealkylation sites (tertiary alicyclic amines) is 1. The van der Waals surface area contributed by atoms with Gasteiger partial charge >= 0.3 is 0 Å². The molecule has 0 spiro atoms. The van der Waals surface area contributed by atoms with Crippen LogP contribution in [0.3, 0.4) is 0 Å². The second-order valence-corrected chi connectivity index (χ2v) is 8.58. The molecule has 3 aromatic heterocycles. The SMILES string of the molecule is CC(=O)N1CCC(CC#N)(n2cc(-c3cccc4nc(N(C=O)C5CC5)nn34)cn2)CC1. The number of carbonyl (C=O) groups is 2. The average molecular weight is 432 g/mol. The maximum atomic E-state index is 11.7. The monoisotopic (exact) mass is 432 g/mol. The lowest BCUT2D eigenvalue weighted by atomic mass is 9.85. The fourth-order valence-electron chi connectivity index (χ4n) is 4.46. The maximum absolute atomic E-state index is 11.7. The van der Waals surface area contributed by atoms with E-state index in [0.717, 1.165) is 30.5 Å². The number of hydrogen-bond donors (Lipinski definition) is 0. The molecule has 2 aliphatic rings. The third kappa shape index (κ3) is 3.39. The standard InChI is InChI=1S/C22H24N8O2/c1-16(32)27-11-8-22(7-10-23,9-12-27)29-14-17(13-24-29)19-3-2-4-20-25-21(26-30(19)20)28(15-31)18-5-6-18/h2-4,13-15,18H,5-9,11-12H2,1H3. The first-order valence-electron chi connectivity index (χ1n) is 10.8. The van der Waals surface area contributed by atoms with E-state index in [2.05, 4.69) is 21.3 Å². The average Bonchev–Trinajstić information content (AvgIpc) is 3.33. The summed E-state index contributed by atoms with van der Waals surface area (Å²) in [6.45, 7) is 2.79. The lowest BCUT2D eigenvalue weighted by molar-refractivity contribution is -0.131. The van der Waals surface area contributed by atoms with Crippen LogP contribution in [-0.2, 0) is 15.1 Å². The summed E-state index contributed by atoms with van der Waals surface area (Å²) >= 11 is 0. The van der Waals surface area contributed by atoms with Crippen LogP contribution in [0, 0.1) is 11.3 Å². The number of carbonyl (C=O) groups excluding carboxylic acids is 2. The number of piperidine rings is 1. The van der Waals surface area contributed by atoms with Gasteiger partial charge in [0, 0.05) is 37.8 Å². The van der Waals surface area contributed by atoms with E-state index in [1.165, 1.54) is 0 Å². The van der Waals surface area contributed by atoms with Gasteiger partial charge in [0.15, 0.2) is 5.65 Å². The van der Waals surface area contributed by atoms with Crippen molar-refractivity contribution in [3.8, 4) is 17.3 Å². The largest absolute Gasteiger partial charge is 0.343 e. The van der Waals surface area contributed by atoms with Crippen molar-refractivity contribution in [2.45, 2.75) is 50.6 Å². The molecular weight excluding hydrogens is 408 g/mol. The number of aromatic nitrogens is 5. The molecule has 0 aromatic carbocycles. The summed E-state index contributed by atoms with van der Waals surface area (Å²) in [6.07, 6.45) is 8.12. The molecule has 5 rings (SSSR count). The second kappa shape index (κ2) is 7.75. The zero-order valence-corrected chi connectivity index (χ0v) is 17.9. The Balaban J connectivity index is 1.49. The van der Waals surface area contributed by atoms with Crippen molar-refractivity contribution < 1.29 is 9.59 Å². The van der Waals surface area contributed by atoms with Crippen LogP contribution in [0.15, 0.2) is 30.6 Å². The van der Waals surface area contributed by atoms with E-state index < -0.39 is 5.54 Å². The minimum Gasteiger partial charge on any atom is -0.343 e. The smallest absolute Gasteiger partial charge is 0.252 e. The van der Waals surface area contributed by atoms with Gasteiger partial charge in [0.05, 0.1) is 29.9 Å². The Kier molecular flexibility index (Phi) is 4.89. The normalized spacial score (nSPS) is 17.8. The minimum absolute atomic E-state index is 0.0564. The summed E-state index contributed by atoms with van der Waals surface area (Å²) in [5.41, 5.74) is 1.87. The molecule has 0 N–H and O–H groups in total. The van der Waals surface area contributed by atoms with Gasteiger partial charge < -0.3 is 4.90 Å². The molecular formula is C22H24N8O2. The number of amides is 2. The first kappa shape index (κ1) is 20.2. The summed E-state index contributed by atoms with van der Waals surface area (Å²) < 4.78 is 3.60. The van der Waals surface area contributed by atoms with Crippen molar-refractivity contribution in [2.75, 3.05) is 18.0 Å². The first-order valence-corrected chi connectivity index (χ1v) is 10.8. The molecule has 164 valence electrons. The third-order valence-electron chi connectivity index (χ3n) is 6.55. The molecule has 0 atom stereocenters. The number of rotatable bonds is 6. The molecule has 1 aliphatic heterocycles. The van der Waals surface area contributed by atoms with E-state index in [4.69, 9.17) is 0 Å². The second-order valence-electron chi connectivity index (χ2n) is 8.58. The van der Waals surface area contributed by atoms with Gasteiger partial charge in [-0.15, -0.1) is 5.10 Å². The summed E-state index contributed by atoms with van der Waals surface area (Å²) in [7, 11) is 0. The van der Waals surface area contributed by atoms with Gasteiger partial charge in [0.2, 0.25) is 12.3 Å². The summed E-state index contributed by atoms with van der Waals surface area (Å²) in [6, 6.07) is 8.18. The molecule has 10 nitrogen and oxygen atoms in total. The van der Waals surface area contributed by atoms with Crippen molar-refractivity contribution in [1.82, 2.24) is 29.3 Å². The van der Waals surface area contributed by atoms with Gasteiger partial charge in [0.25, 0.3) is 5.95 Å². The molecule has 0 bridgehead atoms. The predicted molar refractivity (Wildman–Crippen MR) is 115 cm³/mol. The number of nitrogens with zero attached hydrogens (tertiary/aromatic N) is 8. The Morgan fingerprint density at radius 3 is 2.78 bits per heavy atom. The zero-order chi connectivity index (χ0) is 22.3. The number of fused-ring (bicyclic) bond motifs is 1. The van der Waals surface area contributed by atoms with Crippen molar-refractivity contribution >= 4 is 23.9 Å². The van der Waals surface area contributed by atoms with Crippen molar-refractivity contribution in [3.63, 3.8) is 0 Å². The van der Waals surface area contributed by atoms with E-state index in [9.17, 15) is 14.9 Å². The molecule has 3 aromatic rings. The predicted octanol–water partition coefficient (Wildman–Crippen LogP) is 1.97. The molecule has 2 amide bonds. The van der Waals surface area contributed by atoms with Gasteiger partial charge in [-0.25, -0.2) is 4.52 Å². The van der Waals surface area contributed by atoms with Crippen LogP contribution < -0.4 is 4.90 Å². The van der Waals surface area contributed by atoms with Gasteiger partial charge in [-0.05, 0) is 37.8 Å². The topological polar surface area (TPSA) is 112 Å². The molecule has 2 fully saturated rings. The van der Waals surface area contributed by atoms with Crippen LogP contribution in [0.4, 0.5) is 5.95 Å². The van der Waals surface area contributed by atoms with Crippen LogP contribution in [0.1, 0.15) is 39.0 Å². The summed E-state index contributed by atoms with van der Waals surface area (Å²) in [5, 5.41) is 18.7. The molecule has 1 aliphatic carbocycles. The van der Waals surface area contributed by atoms with Crippen LogP contribution in [0.5, 0.6) is 0 Å². The Morgan fingerprint density at radius 2 is 2.12 bits per heavy atom. The molecule has 4 heterocycles. The summed E-state index contributed by atoms with van der Waals surface area (Å²) in [4.78, 5) is 31.2. The Morgan fingerprint density at radius 1 is 1.34 bits per heavy atom. The van der Waals surface area contributed by atoms with E-state index in [1.54, 1.807) is 22.5 Å². The van der Waals surface area contributed by atoms with Gasteiger partial charge in [-0.3, -0.25) is 19.2 Å². The molecule has 0 unspecified atom stereocenters. The Hall–Kier alpha value is -3.74. The fraction of sp³-hybridized carbons (Fsp3) is 0.455. The third-order valence-corrected chi connectivity index (χ3v) is 6.55. The lowest BCUT2D eigenvalue weighted by Crippen LogP contribution is -2.47. The highest BCUT2D eigenvalue weighted by Gasteiger charge is 2.38. The Bertz CT molecular complexity index is 1210. The quantitative estimate of drug-likeness (QED) is 0.551. The van der Waals surface area contributed by atoms with E-state index >= 15 is 0 Å². The van der Waals surface area contributed by atoms with Crippen molar-refractivity contribution in [3.05, 3.63) is 30.6 Å². The van der Waals surface area contributed by atoms with Crippen molar-refractivity contribution in [1.29, 1.82) is 5.26 Å². The van der Waals surface area contributed by atoms with Crippen LogP contribution in [0.2, 0.25) is 0 Å². The van der Waals surface area contributed by atoms with Crippen LogP contribution in [-0.4, -0.2) is 60.7 Å². The first-order chi connectivity index (χ1) is 15.5.